The quantitative estimate of drug-likeness (QED) is 0.571. The molecule has 0 aliphatic heterocycles. The molecule has 22 heavy (non-hydrogen) atoms. The van der Waals surface area contributed by atoms with E-state index < -0.39 is 0 Å². The Balaban J connectivity index is 2.14. The first-order chi connectivity index (χ1) is 10.7. The van der Waals surface area contributed by atoms with Gasteiger partial charge in [0.25, 0.3) is 0 Å². The summed E-state index contributed by atoms with van der Waals surface area (Å²) >= 11 is 5.04. The van der Waals surface area contributed by atoms with Crippen LogP contribution in [0.2, 0.25) is 0 Å². The molecule has 0 atom stereocenters. The highest BCUT2D eigenvalue weighted by Crippen LogP contribution is 2.31. The van der Waals surface area contributed by atoms with Crippen LogP contribution in [0.1, 0.15) is 0 Å². The highest BCUT2D eigenvalue weighted by molar-refractivity contribution is 9.10. The minimum atomic E-state index is -0.370. The van der Waals surface area contributed by atoms with E-state index in [1.807, 2.05) is 66.9 Å². The molecule has 0 unspecified atom stereocenters. The molecular weight excluding hydrogens is 360 g/mol. The normalized spacial score (nSPS) is 10.6. The van der Waals surface area contributed by atoms with Crippen LogP contribution >= 0.6 is 27.7 Å². The highest BCUT2D eigenvalue weighted by Gasteiger charge is 2.12. The lowest BCUT2D eigenvalue weighted by Gasteiger charge is -2.07. The fourth-order valence-electron chi connectivity index (χ4n) is 2.20. The van der Waals surface area contributed by atoms with Crippen LogP contribution in [0.25, 0.3) is 22.5 Å². The van der Waals surface area contributed by atoms with Crippen LogP contribution in [0.5, 0.6) is 0 Å². The van der Waals surface area contributed by atoms with E-state index in [1.54, 1.807) is 11.8 Å². The zero-order valence-electron chi connectivity index (χ0n) is 11.9. The van der Waals surface area contributed by atoms with Crippen LogP contribution in [0, 0.1) is 0 Å². The molecule has 0 aliphatic carbocycles. The van der Waals surface area contributed by atoms with Gasteiger partial charge in [0, 0.05) is 16.0 Å². The third-order valence-electron chi connectivity index (χ3n) is 3.35. The van der Waals surface area contributed by atoms with Gasteiger partial charge in [-0.3, -0.25) is 0 Å². The molecule has 4 heteroatoms. The van der Waals surface area contributed by atoms with E-state index in [0.717, 1.165) is 16.7 Å². The van der Waals surface area contributed by atoms with Crippen molar-refractivity contribution in [2.45, 2.75) is 4.90 Å². The van der Waals surface area contributed by atoms with Gasteiger partial charge in [-0.1, -0.05) is 42.5 Å². The third-order valence-corrected chi connectivity index (χ3v) is 4.85. The summed E-state index contributed by atoms with van der Waals surface area (Å²) < 4.78 is 5.84. The number of hydrogen-bond donors (Lipinski definition) is 0. The summed E-state index contributed by atoms with van der Waals surface area (Å²) in [4.78, 5) is 13.3. The molecule has 3 rings (SSSR count). The summed E-state index contributed by atoms with van der Waals surface area (Å²) in [7, 11) is 0. The molecule has 0 saturated carbocycles. The van der Waals surface area contributed by atoms with E-state index in [1.165, 1.54) is 4.90 Å². The maximum atomic E-state index is 12.1. The van der Waals surface area contributed by atoms with Crippen molar-refractivity contribution in [1.29, 1.82) is 0 Å². The number of hydrogen-bond acceptors (Lipinski definition) is 3. The fraction of sp³-hybridized carbons (Fsp3) is 0.0556. The van der Waals surface area contributed by atoms with Crippen molar-refractivity contribution >= 4 is 27.7 Å². The Kier molecular flexibility index (Phi) is 4.50. The van der Waals surface area contributed by atoms with Crippen molar-refractivity contribution in [3.05, 3.63) is 75.6 Å². The average molecular weight is 373 g/mol. The van der Waals surface area contributed by atoms with Crippen molar-refractivity contribution in [2.75, 3.05) is 6.26 Å². The summed E-state index contributed by atoms with van der Waals surface area (Å²) in [6.45, 7) is 0. The number of benzene rings is 2. The minimum absolute atomic E-state index is 0.370. The van der Waals surface area contributed by atoms with Crippen LogP contribution < -0.4 is 5.63 Å². The Hall–Kier alpha value is -1.78. The Morgan fingerprint density at radius 2 is 1.64 bits per heavy atom. The van der Waals surface area contributed by atoms with Crippen LogP contribution in [0.15, 0.2) is 79.2 Å². The predicted molar refractivity (Wildman–Crippen MR) is 95.3 cm³/mol. The molecule has 0 N–H and O–H groups in total. The topological polar surface area (TPSA) is 30.2 Å². The summed E-state index contributed by atoms with van der Waals surface area (Å²) in [6, 6.07) is 19.6. The fourth-order valence-corrected chi connectivity index (χ4v) is 3.04. The molecule has 2 aromatic carbocycles. The van der Waals surface area contributed by atoms with Crippen molar-refractivity contribution in [3.63, 3.8) is 0 Å². The smallest absolute Gasteiger partial charge is 0.351 e. The van der Waals surface area contributed by atoms with E-state index in [9.17, 15) is 4.79 Å². The maximum absolute atomic E-state index is 12.1. The van der Waals surface area contributed by atoms with E-state index in [2.05, 4.69) is 15.9 Å². The average Bonchev–Trinajstić information content (AvgIpc) is 2.58. The molecule has 0 bridgehead atoms. The lowest BCUT2D eigenvalue weighted by Crippen LogP contribution is -2.02. The van der Waals surface area contributed by atoms with Gasteiger partial charge in [0.05, 0.1) is 0 Å². The molecule has 110 valence electrons. The van der Waals surface area contributed by atoms with Crippen molar-refractivity contribution < 1.29 is 4.42 Å². The van der Waals surface area contributed by atoms with Gasteiger partial charge in [0.2, 0.25) is 0 Å². The lowest BCUT2D eigenvalue weighted by atomic mass is 10.0. The van der Waals surface area contributed by atoms with E-state index in [4.69, 9.17) is 4.42 Å². The summed E-state index contributed by atoms with van der Waals surface area (Å²) in [5.74, 6) is 0.567. The van der Waals surface area contributed by atoms with Gasteiger partial charge >= 0.3 is 5.63 Å². The van der Waals surface area contributed by atoms with Gasteiger partial charge in [-0.05, 0) is 45.9 Å². The third kappa shape index (κ3) is 3.03. The predicted octanol–water partition coefficient (Wildman–Crippen LogP) is 5.46. The van der Waals surface area contributed by atoms with Gasteiger partial charge in [0.1, 0.15) is 10.2 Å². The van der Waals surface area contributed by atoms with Crippen LogP contribution in [0.4, 0.5) is 0 Å². The molecule has 0 spiro atoms. The maximum Gasteiger partial charge on any atom is 0.351 e. The Bertz CT molecular complexity index is 839. The van der Waals surface area contributed by atoms with Crippen LogP contribution in [0.3, 0.4) is 0 Å². The molecule has 2 nitrogen and oxygen atoms in total. The molecule has 0 aliphatic rings. The van der Waals surface area contributed by atoms with Gasteiger partial charge in [-0.15, -0.1) is 11.8 Å². The van der Waals surface area contributed by atoms with Gasteiger partial charge < -0.3 is 4.42 Å². The SMILES string of the molecule is CSc1ccc(-c2cc(-c3ccccc3)oc(=O)c2Br)cc1. The Morgan fingerprint density at radius 3 is 2.27 bits per heavy atom. The highest BCUT2D eigenvalue weighted by atomic mass is 79.9. The Labute approximate surface area is 141 Å². The summed E-state index contributed by atoms with van der Waals surface area (Å²) in [6.07, 6.45) is 2.04. The van der Waals surface area contributed by atoms with E-state index >= 15 is 0 Å². The molecule has 0 amide bonds. The molecule has 0 radical (unpaired) electrons. The molecule has 1 heterocycles. The summed E-state index contributed by atoms with van der Waals surface area (Å²) in [5, 5.41) is 0. The van der Waals surface area contributed by atoms with Crippen molar-refractivity contribution in [2.24, 2.45) is 0 Å². The standard InChI is InChI=1S/C18H13BrO2S/c1-22-14-9-7-12(8-10-14)15-11-16(21-18(20)17(15)19)13-5-3-2-4-6-13/h2-11H,1H3. The van der Waals surface area contributed by atoms with Gasteiger partial charge in [0.15, 0.2) is 0 Å². The second kappa shape index (κ2) is 6.55. The molecule has 0 saturated heterocycles. The zero-order chi connectivity index (χ0) is 15.5. The first-order valence-corrected chi connectivity index (χ1v) is 8.74. The first-order valence-electron chi connectivity index (χ1n) is 6.72. The summed E-state index contributed by atoms with van der Waals surface area (Å²) in [5.41, 5.74) is 2.33. The van der Waals surface area contributed by atoms with Gasteiger partial charge in [-0.2, -0.15) is 0 Å². The monoisotopic (exact) mass is 372 g/mol. The number of halogens is 1. The number of rotatable bonds is 3. The van der Waals surface area contributed by atoms with Gasteiger partial charge in [-0.25, -0.2) is 4.79 Å². The van der Waals surface area contributed by atoms with E-state index in [0.29, 0.717) is 10.2 Å². The zero-order valence-corrected chi connectivity index (χ0v) is 14.3. The van der Waals surface area contributed by atoms with E-state index in [-0.39, 0.29) is 5.63 Å². The second-order valence-corrected chi connectivity index (χ2v) is 6.39. The van der Waals surface area contributed by atoms with Crippen molar-refractivity contribution in [3.8, 4) is 22.5 Å². The van der Waals surface area contributed by atoms with Crippen LogP contribution in [-0.2, 0) is 0 Å². The molecule has 1 aromatic heterocycles. The Morgan fingerprint density at radius 1 is 0.955 bits per heavy atom. The largest absolute Gasteiger partial charge is 0.422 e. The molecular formula is C18H13BrO2S. The minimum Gasteiger partial charge on any atom is -0.422 e. The molecule has 0 fully saturated rings. The number of thioether (sulfide) groups is 1. The van der Waals surface area contributed by atoms with Crippen LogP contribution in [-0.4, -0.2) is 6.26 Å². The van der Waals surface area contributed by atoms with Crippen molar-refractivity contribution in [1.82, 2.24) is 0 Å². The molecule has 3 aromatic rings. The second-order valence-electron chi connectivity index (χ2n) is 4.72. The first kappa shape index (κ1) is 15.1. The lowest BCUT2D eigenvalue weighted by molar-refractivity contribution is 0.522.